The van der Waals surface area contributed by atoms with Crippen LogP contribution in [0.1, 0.15) is 13.8 Å². The van der Waals surface area contributed by atoms with Gasteiger partial charge in [-0.25, -0.2) is 0 Å². The molecular weight excluding hydrogens is 192 g/mol. The maximum Gasteiger partial charge on any atom is 0.322 e. The molecule has 88 valence electrons. The molecular formula is C11H22N2O2. The van der Waals surface area contributed by atoms with Crippen molar-refractivity contribution in [3.05, 3.63) is 0 Å². The van der Waals surface area contributed by atoms with Crippen LogP contribution in [0.2, 0.25) is 0 Å². The fourth-order valence-electron chi connectivity index (χ4n) is 2.29. The molecule has 15 heavy (non-hydrogen) atoms. The number of hydrogen-bond acceptors (Lipinski definition) is 4. The van der Waals surface area contributed by atoms with Crippen LogP contribution in [0.4, 0.5) is 0 Å². The van der Waals surface area contributed by atoms with Crippen LogP contribution in [0.25, 0.3) is 0 Å². The fourth-order valence-corrected chi connectivity index (χ4v) is 2.29. The Morgan fingerprint density at radius 3 is 2.47 bits per heavy atom. The number of rotatable bonds is 3. The number of ether oxygens (including phenoxy) is 1. The van der Waals surface area contributed by atoms with Gasteiger partial charge in [0.2, 0.25) is 0 Å². The summed E-state index contributed by atoms with van der Waals surface area (Å²) in [5, 5.41) is 0. The summed E-state index contributed by atoms with van der Waals surface area (Å²) in [5.74, 6) is 0.466. The topological polar surface area (TPSA) is 32.8 Å². The molecule has 1 aliphatic heterocycles. The molecule has 1 aliphatic rings. The molecule has 0 saturated carbocycles. The van der Waals surface area contributed by atoms with Gasteiger partial charge in [0.15, 0.2) is 0 Å². The van der Waals surface area contributed by atoms with Crippen molar-refractivity contribution in [3.8, 4) is 0 Å². The SMILES string of the molecule is COC(=O)C(C)N1CC(C)C(N(C)C)C1. The summed E-state index contributed by atoms with van der Waals surface area (Å²) in [6.07, 6.45) is 0. The average Bonchev–Trinajstić information content (AvgIpc) is 2.58. The van der Waals surface area contributed by atoms with E-state index in [0.717, 1.165) is 13.1 Å². The van der Waals surface area contributed by atoms with Crippen molar-refractivity contribution in [1.82, 2.24) is 9.80 Å². The summed E-state index contributed by atoms with van der Waals surface area (Å²) in [5.41, 5.74) is 0. The van der Waals surface area contributed by atoms with Crippen LogP contribution in [0.15, 0.2) is 0 Å². The molecule has 3 atom stereocenters. The Morgan fingerprint density at radius 1 is 1.47 bits per heavy atom. The molecule has 4 nitrogen and oxygen atoms in total. The van der Waals surface area contributed by atoms with Crippen LogP contribution in [-0.4, -0.2) is 62.1 Å². The highest BCUT2D eigenvalue weighted by Crippen LogP contribution is 2.22. The van der Waals surface area contributed by atoms with Crippen molar-refractivity contribution in [1.29, 1.82) is 0 Å². The van der Waals surface area contributed by atoms with Crippen molar-refractivity contribution in [2.45, 2.75) is 25.9 Å². The summed E-state index contributed by atoms with van der Waals surface area (Å²) in [7, 11) is 5.63. The van der Waals surface area contributed by atoms with Crippen LogP contribution in [0, 0.1) is 5.92 Å². The third-order valence-electron chi connectivity index (χ3n) is 3.35. The summed E-state index contributed by atoms with van der Waals surface area (Å²) >= 11 is 0. The molecule has 0 bridgehead atoms. The molecule has 1 fully saturated rings. The monoisotopic (exact) mass is 214 g/mol. The Balaban J connectivity index is 2.58. The van der Waals surface area contributed by atoms with Crippen molar-refractivity contribution in [3.63, 3.8) is 0 Å². The quantitative estimate of drug-likeness (QED) is 0.638. The molecule has 0 amide bonds. The summed E-state index contributed by atoms with van der Waals surface area (Å²) in [6.45, 7) is 6.06. The van der Waals surface area contributed by atoms with Gasteiger partial charge in [0.25, 0.3) is 0 Å². The smallest absolute Gasteiger partial charge is 0.322 e. The largest absolute Gasteiger partial charge is 0.468 e. The predicted octanol–water partition coefficient (Wildman–Crippen LogP) is 0.430. The van der Waals surface area contributed by atoms with Gasteiger partial charge in [-0.2, -0.15) is 0 Å². The van der Waals surface area contributed by atoms with Crippen LogP contribution in [0.5, 0.6) is 0 Å². The van der Waals surface area contributed by atoms with Crippen LogP contribution in [0.3, 0.4) is 0 Å². The van der Waals surface area contributed by atoms with Gasteiger partial charge in [0, 0.05) is 19.1 Å². The molecule has 0 aliphatic carbocycles. The predicted molar refractivity (Wildman–Crippen MR) is 59.7 cm³/mol. The maximum absolute atomic E-state index is 11.4. The Morgan fingerprint density at radius 2 is 2.07 bits per heavy atom. The molecule has 4 heteroatoms. The van der Waals surface area contributed by atoms with Crippen molar-refractivity contribution < 1.29 is 9.53 Å². The lowest BCUT2D eigenvalue weighted by molar-refractivity contribution is -0.145. The van der Waals surface area contributed by atoms with E-state index in [1.807, 2.05) is 6.92 Å². The van der Waals surface area contributed by atoms with E-state index >= 15 is 0 Å². The first-order valence-electron chi connectivity index (χ1n) is 5.45. The number of nitrogens with zero attached hydrogens (tertiary/aromatic N) is 2. The highest BCUT2D eigenvalue weighted by atomic mass is 16.5. The molecule has 0 N–H and O–H groups in total. The minimum atomic E-state index is -0.137. The van der Waals surface area contributed by atoms with Gasteiger partial charge in [-0.3, -0.25) is 9.69 Å². The lowest BCUT2D eigenvalue weighted by atomic mass is 10.1. The van der Waals surface area contributed by atoms with E-state index in [9.17, 15) is 4.79 Å². The molecule has 0 aromatic heterocycles. The lowest BCUT2D eigenvalue weighted by Crippen LogP contribution is -2.40. The zero-order chi connectivity index (χ0) is 11.6. The lowest BCUT2D eigenvalue weighted by Gasteiger charge is -2.24. The highest BCUT2D eigenvalue weighted by Gasteiger charge is 2.35. The van der Waals surface area contributed by atoms with E-state index in [4.69, 9.17) is 4.74 Å². The van der Waals surface area contributed by atoms with E-state index < -0.39 is 0 Å². The number of carbonyl (C=O) groups excluding carboxylic acids is 1. The second-order valence-corrected chi connectivity index (χ2v) is 4.66. The average molecular weight is 214 g/mol. The number of esters is 1. The first-order chi connectivity index (χ1) is 6.97. The first-order valence-corrected chi connectivity index (χ1v) is 5.45. The summed E-state index contributed by atoms with van der Waals surface area (Å²) in [4.78, 5) is 15.8. The molecule has 0 aromatic carbocycles. The molecule has 0 aromatic rings. The van der Waals surface area contributed by atoms with Gasteiger partial charge in [-0.1, -0.05) is 6.92 Å². The minimum Gasteiger partial charge on any atom is -0.468 e. The van der Waals surface area contributed by atoms with Crippen molar-refractivity contribution >= 4 is 5.97 Å². The number of hydrogen-bond donors (Lipinski definition) is 0. The second-order valence-electron chi connectivity index (χ2n) is 4.66. The van der Waals surface area contributed by atoms with E-state index in [1.54, 1.807) is 0 Å². The fraction of sp³-hybridized carbons (Fsp3) is 0.909. The third kappa shape index (κ3) is 2.69. The molecule has 0 radical (unpaired) electrons. The number of carbonyl (C=O) groups is 1. The Labute approximate surface area is 92.2 Å². The Bertz CT molecular complexity index is 231. The van der Waals surface area contributed by atoms with Gasteiger partial charge >= 0.3 is 5.97 Å². The number of likely N-dealkylation sites (tertiary alicyclic amines) is 1. The van der Waals surface area contributed by atoms with Gasteiger partial charge in [-0.15, -0.1) is 0 Å². The van der Waals surface area contributed by atoms with Gasteiger partial charge < -0.3 is 9.64 Å². The highest BCUT2D eigenvalue weighted by molar-refractivity contribution is 5.75. The van der Waals surface area contributed by atoms with Gasteiger partial charge in [0.05, 0.1) is 7.11 Å². The molecule has 0 spiro atoms. The van der Waals surface area contributed by atoms with Crippen molar-refractivity contribution in [2.75, 3.05) is 34.3 Å². The number of methoxy groups -OCH3 is 1. The summed E-state index contributed by atoms with van der Waals surface area (Å²) < 4.78 is 4.76. The first kappa shape index (κ1) is 12.5. The van der Waals surface area contributed by atoms with Crippen molar-refractivity contribution in [2.24, 2.45) is 5.92 Å². The maximum atomic E-state index is 11.4. The summed E-state index contributed by atoms with van der Waals surface area (Å²) in [6, 6.07) is 0.416. The Hall–Kier alpha value is -0.610. The van der Waals surface area contributed by atoms with E-state index in [2.05, 4.69) is 30.8 Å². The van der Waals surface area contributed by atoms with Gasteiger partial charge in [-0.05, 0) is 26.9 Å². The normalized spacial score (nSPS) is 29.5. The molecule has 3 unspecified atom stereocenters. The molecule has 1 saturated heterocycles. The molecule has 1 heterocycles. The number of likely N-dealkylation sites (N-methyl/N-ethyl adjacent to an activating group) is 1. The zero-order valence-corrected chi connectivity index (χ0v) is 10.4. The standard InChI is InChI=1S/C11H22N2O2/c1-8-6-13(7-10(8)12(3)4)9(2)11(14)15-5/h8-10H,6-7H2,1-5H3. The van der Waals surface area contributed by atoms with E-state index in [0.29, 0.717) is 12.0 Å². The van der Waals surface area contributed by atoms with Gasteiger partial charge in [0.1, 0.15) is 6.04 Å². The minimum absolute atomic E-state index is 0.123. The van der Waals surface area contributed by atoms with Crippen LogP contribution in [-0.2, 0) is 9.53 Å². The third-order valence-corrected chi connectivity index (χ3v) is 3.35. The van der Waals surface area contributed by atoms with E-state index in [1.165, 1.54) is 7.11 Å². The van der Waals surface area contributed by atoms with Crippen LogP contribution < -0.4 is 0 Å². The van der Waals surface area contributed by atoms with E-state index in [-0.39, 0.29) is 12.0 Å². The molecule has 1 rings (SSSR count). The zero-order valence-electron chi connectivity index (χ0n) is 10.4. The Kier molecular flexibility index (Phi) is 4.11. The van der Waals surface area contributed by atoms with Crippen LogP contribution >= 0.6 is 0 Å². The second kappa shape index (κ2) is 4.94.